The van der Waals surface area contributed by atoms with Crippen LogP contribution in [0.2, 0.25) is 0 Å². The van der Waals surface area contributed by atoms with E-state index < -0.39 is 6.17 Å². The Morgan fingerprint density at radius 3 is 2.88 bits per heavy atom. The number of anilines is 4. The first-order chi connectivity index (χ1) is 19.3. The van der Waals surface area contributed by atoms with Crippen LogP contribution >= 0.6 is 23.1 Å². The molecule has 11 nitrogen and oxygen atoms in total. The van der Waals surface area contributed by atoms with Crippen molar-refractivity contribution in [2.24, 2.45) is 0 Å². The maximum absolute atomic E-state index is 13.7. The Hall–Kier alpha value is -3.41. The molecule has 0 bridgehead atoms. The van der Waals surface area contributed by atoms with Gasteiger partial charge in [0.25, 0.3) is 0 Å². The molecule has 1 spiro atoms. The van der Waals surface area contributed by atoms with Crippen molar-refractivity contribution < 1.29 is 9.13 Å². The van der Waals surface area contributed by atoms with Gasteiger partial charge in [-0.2, -0.15) is 20.2 Å². The van der Waals surface area contributed by atoms with Crippen LogP contribution in [0.3, 0.4) is 0 Å². The first kappa shape index (κ1) is 26.8. The van der Waals surface area contributed by atoms with E-state index in [0.717, 1.165) is 16.9 Å². The van der Waals surface area contributed by atoms with E-state index in [-0.39, 0.29) is 29.4 Å². The lowest BCUT2D eigenvalue weighted by atomic mass is 9.88. The number of ether oxygens (including phenoxy) is 1. The van der Waals surface area contributed by atoms with Crippen LogP contribution in [0.5, 0.6) is 6.01 Å². The number of pyridine rings is 1. The van der Waals surface area contributed by atoms with Crippen LogP contribution in [0.1, 0.15) is 47.9 Å². The molecule has 3 aliphatic heterocycles. The summed E-state index contributed by atoms with van der Waals surface area (Å²) in [6.07, 6.45) is 1.18. The number of thiophene rings is 1. The highest BCUT2D eigenvalue weighted by Gasteiger charge is 2.53. The third-order valence-corrected chi connectivity index (χ3v) is 10.4. The van der Waals surface area contributed by atoms with Gasteiger partial charge in [-0.05, 0) is 26.3 Å². The number of thioether (sulfide) groups is 1. The molecule has 0 saturated carbocycles. The predicted molar refractivity (Wildman–Crippen MR) is 155 cm³/mol. The monoisotopic (exact) mass is 582 g/mol. The summed E-state index contributed by atoms with van der Waals surface area (Å²) < 4.78 is 19.5. The van der Waals surface area contributed by atoms with E-state index in [1.807, 2.05) is 42.6 Å². The molecule has 6 heterocycles. The van der Waals surface area contributed by atoms with E-state index in [1.54, 1.807) is 6.20 Å². The highest BCUT2D eigenvalue weighted by atomic mass is 32.2. The number of alkyl halides is 1. The largest absolute Gasteiger partial charge is 0.462 e. The lowest BCUT2D eigenvalue weighted by molar-refractivity contribution is 0.249. The Morgan fingerprint density at radius 2 is 2.17 bits per heavy atom. The minimum absolute atomic E-state index is 0.107. The second kappa shape index (κ2) is 10.5. The van der Waals surface area contributed by atoms with Crippen molar-refractivity contribution in [3.05, 3.63) is 39.9 Å². The fourth-order valence-electron chi connectivity index (χ4n) is 5.71. The standard InChI is InChI=1S/C26H31FN10OS2/c1-3-37(14(2)17-5-4-6-31-21(17)29)24-33-23(34-25(35-24)38-10-16-7-15(27)9-32-16)36-12-26(13-36)20-18(8-28)22(30)40-19(20)11-39-26/h4-6,14-16,32H,3,7,9-13,30H2,1-2H3,(H2,29,31)/t14-,15-,16+/m1/s1. The van der Waals surface area contributed by atoms with Gasteiger partial charge in [0.15, 0.2) is 0 Å². The summed E-state index contributed by atoms with van der Waals surface area (Å²) in [5, 5.41) is 13.5. The number of nitrogens with two attached hydrogens (primary N) is 2. The molecule has 6 rings (SSSR count). The van der Waals surface area contributed by atoms with Crippen LogP contribution in [0, 0.1) is 11.3 Å². The van der Waals surface area contributed by atoms with Crippen molar-refractivity contribution in [2.75, 3.05) is 54.1 Å². The number of hydrogen-bond donors (Lipinski definition) is 3. The summed E-state index contributed by atoms with van der Waals surface area (Å²) in [5.74, 6) is 2.25. The third-order valence-electron chi connectivity index (χ3n) is 7.79. The lowest BCUT2D eigenvalue weighted by Gasteiger charge is -2.47. The molecule has 0 aliphatic carbocycles. The average molecular weight is 583 g/mol. The van der Waals surface area contributed by atoms with Crippen molar-refractivity contribution >= 4 is 45.8 Å². The lowest BCUT2D eigenvalue weighted by Crippen LogP contribution is -2.57. The van der Waals surface area contributed by atoms with Crippen LogP contribution in [0.15, 0.2) is 18.3 Å². The molecule has 2 saturated heterocycles. The number of halogens is 1. The molecule has 5 N–H and O–H groups in total. The number of rotatable bonds is 8. The Morgan fingerprint density at radius 1 is 1.35 bits per heavy atom. The molecular formula is C26H31FN10OS2. The number of nitrogen functional groups attached to an aromatic ring is 2. The summed E-state index contributed by atoms with van der Waals surface area (Å²) in [4.78, 5) is 23.7. The first-order valence-electron chi connectivity index (χ1n) is 13.3. The summed E-state index contributed by atoms with van der Waals surface area (Å²) >= 11 is 3.35. The van der Waals surface area contributed by atoms with Gasteiger partial charge >= 0.3 is 6.01 Å². The fraction of sp³-hybridized carbons (Fsp3) is 0.500. The van der Waals surface area contributed by atoms with Crippen molar-refractivity contribution in [3.63, 3.8) is 0 Å². The van der Waals surface area contributed by atoms with E-state index in [4.69, 9.17) is 21.2 Å². The number of nitriles is 1. The minimum Gasteiger partial charge on any atom is -0.462 e. The van der Waals surface area contributed by atoms with Gasteiger partial charge in [0.1, 0.15) is 29.7 Å². The van der Waals surface area contributed by atoms with Gasteiger partial charge in [-0.15, -0.1) is 23.1 Å². The van der Waals surface area contributed by atoms with Gasteiger partial charge in [0.2, 0.25) is 11.9 Å². The fourth-order valence-corrected chi connectivity index (χ4v) is 8.52. The molecule has 0 aromatic carbocycles. The van der Waals surface area contributed by atoms with Crippen molar-refractivity contribution in [3.8, 4) is 12.1 Å². The normalized spacial score (nSPS) is 21.6. The number of aromatic nitrogens is 4. The van der Waals surface area contributed by atoms with Gasteiger partial charge in [-0.3, -0.25) is 0 Å². The Bertz CT molecular complexity index is 1460. The van der Waals surface area contributed by atoms with Crippen molar-refractivity contribution in [1.82, 2.24) is 25.3 Å². The number of fused-ring (bicyclic) bond motifs is 2. The van der Waals surface area contributed by atoms with E-state index in [0.29, 0.717) is 60.9 Å². The highest BCUT2D eigenvalue weighted by molar-refractivity contribution is 8.00. The Labute approximate surface area is 240 Å². The van der Waals surface area contributed by atoms with Crippen LogP contribution in [0.4, 0.5) is 27.1 Å². The maximum atomic E-state index is 13.7. The molecule has 3 aromatic heterocycles. The van der Waals surface area contributed by atoms with Crippen LogP contribution in [-0.4, -0.2) is 64.9 Å². The number of hydrogen-bond acceptors (Lipinski definition) is 13. The molecule has 210 valence electrons. The molecule has 0 unspecified atom stereocenters. The zero-order valence-electron chi connectivity index (χ0n) is 22.3. The quantitative estimate of drug-likeness (QED) is 0.357. The van der Waals surface area contributed by atoms with E-state index in [1.165, 1.54) is 16.2 Å². The van der Waals surface area contributed by atoms with Crippen molar-refractivity contribution in [1.29, 1.82) is 5.26 Å². The number of nitrogens with zero attached hydrogens (tertiary/aromatic N) is 7. The zero-order chi connectivity index (χ0) is 28.0. The first-order valence-corrected chi connectivity index (χ1v) is 15.1. The van der Waals surface area contributed by atoms with Crippen LogP contribution < -0.4 is 31.3 Å². The predicted octanol–water partition coefficient (Wildman–Crippen LogP) is 2.99. The smallest absolute Gasteiger partial charge is 0.323 e. The summed E-state index contributed by atoms with van der Waals surface area (Å²) in [7, 11) is 0. The second-order valence-corrected chi connectivity index (χ2v) is 12.8. The molecule has 40 heavy (non-hydrogen) atoms. The molecule has 3 aliphatic rings. The van der Waals surface area contributed by atoms with Gasteiger partial charge < -0.3 is 31.3 Å². The average Bonchev–Trinajstić information content (AvgIpc) is 3.60. The molecule has 14 heteroatoms. The van der Waals surface area contributed by atoms with E-state index in [9.17, 15) is 9.65 Å². The van der Waals surface area contributed by atoms with Gasteiger partial charge in [0.05, 0.1) is 16.4 Å². The Kier molecular flexibility index (Phi) is 7.05. The van der Waals surface area contributed by atoms with Gasteiger partial charge in [-0.25, -0.2) is 9.37 Å². The van der Waals surface area contributed by atoms with Crippen LogP contribution in [-0.2, 0) is 10.5 Å². The summed E-state index contributed by atoms with van der Waals surface area (Å²) in [5.41, 5.74) is 14.9. The third kappa shape index (κ3) is 4.65. The van der Waals surface area contributed by atoms with E-state index >= 15 is 0 Å². The van der Waals surface area contributed by atoms with Crippen LogP contribution in [0.25, 0.3) is 0 Å². The summed E-state index contributed by atoms with van der Waals surface area (Å²) in [6, 6.07) is 6.04. The molecule has 0 radical (unpaired) electrons. The maximum Gasteiger partial charge on any atom is 0.323 e. The molecular weight excluding hydrogens is 551 g/mol. The van der Waals surface area contributed by atoms with E-state index in [2.05, 4.69) is 31.2 Å². The van der Waals surface area contributed by atoms with Gasteiger partial charge in [0, 0.05) is 60.2 Å². The molecule has 3 aromatic rings. The second-order valence-electron chi connectivity index (χ2n) is 10.3. The SMILES string of the molecule is CCN(c1nc(OC[C@@H]2C[C@@H](F)CN2)nc(N2CC3(C2)SCc2sc(N)c(C#N)c23)n1)[C@H](C)c1cccnc1N. The summed E-state index contributed by atoms with van der Waals surface area (Å²) in [6.45, 7) is 6.52. The molecule has 2 fully saturated rings. The van der Waals surface area contributed by atoms with Gasteiger partial charge in [-0.1, -0.05) is 6.07 Å². The van der Waals surface area contributed by atoms with Crippen molar-refractivity contribution in [2.45, 2.75) is 49.0 Å². The molecule has 0 amide bonds. The Balaban J connectivity index is 1.30. The molecule has 3 atom stereocenters. The topological polar surface area (TPSA) is 155 Å². The minimum atomic E-state index is -0.880. The number of nitrogens with one attached hydrogen (secondary N) is 1. The zero-order valence-corrected chi connectivity index (χ0v) is 23.9. The highest BCUT2D eigenvalue weighted by Crippen LogP contribution is 2.57.